The van der Waals surface area contributed by atoms with E-state index in [0.717, 1.165) is 0 Å². The largest absolute Gasteiger partial charge is 0.478 e. The summed E-state index contributed by atoms with van der Waals surface area (Å²) in [7, 11) is 0. The molecule has 0 aliphatic carbocycles. The van der Waals surface area contributed by atoms with Gasteiger partial charge in [-0.1, -0.05) is 0 Å². The molecule has 0 radical (unpaired) electrons. The molecule has 8 heteroatoms. The highest BCUT2D eigenvalue weighted by Crippen LogP contribution is 1.70. The van der Waals surface area contributed by atoms with E-state index >= 15 is 0 Å². The van der Waals surface area contributed by atoms with E-state index in [1.807, 2.05) is 0 Å². The third-order valence-electron chi connectivity index (χ3n) is 1.00. The van der Waals surface area contributed by atoms with E-state index in [9.17, 15) is 9.59 Å². The van der Waals surface area contributed by atoms with Gasteiger partial charge in [0.15, 0.2) is 0 Å². The zero-order valence-corrected chi connectivity index (χ0v) is 9.90. The van der Waals surface area contributed by atoms with Gasteiger partial charge in [-0.2, -0.15) is 0 Å². The van der Waals surface area contributed by atoms with Gasteiger partial charge in [0.2, 0.25) is 0 Å². The van der Waals surface area contributed by atoms with Gasteiger partial charge >= 0.3 is 11.9 Å². The van der Waals surface area contributed by atoms with E-state index in [0.29, 0.717) is 25.0 Å². The molecule has 0 amide bonds. The number of hydrogen-bond donors (Lipinski definition) is 6. The highest BCUT2D eigenvalue weighted by Gasteiger charge is 1.88. The number of carboxylic acids is 2. The first-order valence-corrected chi connectivity index (χ1v) is 5.03. The first-order chi connectivity index (χ1) is 8.45. The van der Waals surface area contributed by atoms with Gasteiger partial charge in [-0.25, -0.2) is 9.59 Å². The van der Waals surface area contributed by atoms with Crippen molar-refractivity contribution in [2.45, 2.75) is 12.8 Å². The molecule has 0 fully saturated rings. The lowest BCUT2D eigenvalue weighted by Gasteiger charge is -1.79. The minimum atomic E-state index is -1.26. The Morgan fingerprint density at radius 1 is 0.667 bits per heavy atom. The lowest BCUT2D eigenvalue weighted by molar-refractivity contribution is -0.134. The zero-order chi connectivity index (χ0) is 14.8. The van der Waals surface area contributed by atoms with Crippen LogP contribution in [-0.4, -0.2) is 69.0 Å². The fraction of sp³-hybridized carbons (Fsp3) is 0.600. The molecule has 0 aromatic heterocycles. The van der Waals surface area contributed by atoms with E-state index in [1.54, 1.807) is 0 Å². The van der Waals surface area contributed by atoms with Gasteiger partial charge in [0.1, 0.15) is 0 Å². The summed E-state index contributed by atoms with van der Waals surface area (Å²) in [4.78, 5) is 19.1. The van der Waals surface area contributed by atoms with Crippen LogP contribution in [0.25, 0.3) is 0 Å². The van der Waals surface area contributed by atoms with Crippen LogP contribution in [0.2, 0.25) is 0 Å². The Kier molecular flexibility index (Phi) is 25.2. The molecule has 0 spiro atoms. The van der Waals surface area contributed by atoms with E-state index in [4.69, 9.17) is 30.6 Å². The highest BCUT2D eigenvalue weighted by atomic mass is 16.4. The number of carbonyl (C=O) groups is 2. The number of carboxylic acid groups (broad SMARTS) is 2. The molecule has 0 saturated heterocycles. The number of aliphatic hydroxyl groups is 4. The second kappa shape index (κ2) is 20.9. The molecule has 0 unspecified atom stereocenters. The van der Waals surface area contributed by atoms with Crippen molar-refractivity contribution < 1.29 is 40.2 Å². The summed E-state index contributed by atoms with van der Waals surface area (Å²) in [5, 5.41) is 47.2. The SMILES string of the molecule is O=C(O)/C=C/C(=O)O.OCCCO.OCCCO. The Bertz CT molecular complexity index is 188. The van der Waals surface area contributed by atoms with Crippen LogP contribution in [0.15, 0.2) is 12.2 Å². The summed E-state index contributed by atoms with van der Waals surface area (Å²) in [5.41, 5.74) is 0. The van der Waals surface area contributed by atoms with E-state index in [1.165, 1.54) is 0 Å². The number of aliphatic hydroxyl groups excluding tert-OH is 4. The third kappa shape index (κ3) is 46.9. The molecule has 0 atom stereocenters. The van der Waals surface area contributed by atoms with Crippen molar-refractivity contribution in [2.75, 3.05) is 26.4 Å². The molecule has 0 rings (SSSR count). The van der Waals surface area contributed by atoms with Crippen molar-refractivity contribution in [3.8, 4) is 0 Å². The topological polar surface area (TPSA) is 156 Å². The maximum atomic E-state index is 9.55. The van der Waals surface area contributed by atoms with Gasteiger partial charge in [0.05, 0.1) is 0 Å². The summed E-state index contributed by atoms with van der Waals surface area (Å²) >= 11 is 0. The second-order valence-electron chi connectivity index (χ2n) is 2.61. The Morgan fingerprint density at radius 2 is 0.889 bits per heavy atom. The first-order valence-electron chi connectivity index (χ1n) is 5.03. The van der Waals surface area contributed by atoms with Gasteiger partial charge in [-0.15, -0.1) is 0 Å². The molecule has 8 nitrogen and oxygen atoms in total. The molecule has 108 valence electrons. The van der Waals surface area contributed by atoms with Crippen molar-refractivity contribution in [2.24, 2.45) is 0 Å². The lowest BCUT2D eigenvalue weighted by atomic mass is 10.5. The van der Waals surface area contributed by atoms with Crippen molar-refractivity contribution in [1.29, 1.82) is 0 Å². The quantitative estimate of drug-likeness (QED) is 0.316. The molecular formula is C10H20O8. The fourth-order valence-corrected chi connectivity index (χ4v) is 0.284. The average Bonchev–Trinajstić information content (AvgIpc) is 2.30. The summed E-state index contributed by atoms with van der Waals surface area (Å²) < 4.78 is 0. The summed E-state index contributed by atoms with van der Waals surface area (Å²) in [6.07, 6.45) is 2.12. The summed E-state index contributed by atoms with van der Waals surface area (Å²) in [6, 6.07) is 0. The second-order valence-corrected chi connectivity index (χ2v) is 2.61. The maximum absolute atomic E-state index is 9.55. The maximum Gasteiger partial charge on any atom is 0.328 e. The number of aliphatic carboxylic acids is 2. The fourth-order valence-electron chi connectivity index (χ4n) is 0.284. The predicted octanol–water partition coefficient (Wildman–Crippen LogP) is -1.57. The molecule has 0 aliphatic heterocycles. The zero-order valence-electron chi connectivity index (χ0n) is 9.90. The average molecular weight is 268 g/mol. The monoisotopic (exact) mass is 268 g/mol. The number of hydrogen-bond acceptors (Lipinski definition) is 6. The molecule has 6 N–H and O–H groups in total. The normalized spacial score (nSPS) is 8.89. The van der Waals surface area contributed by atoms with Gasteiger partial charge in [0, 0.05) is 38.6 Å². The summed E-state index contributed by atoms with van der Waals surface area (Å²) in [6.45, 7) is 0.375. The minimum absolute atomic E-state index is 0.0938. The van der Waals surface area contributed by atoms with Crippen LogP contribution in [0.4, 0.5) is 0 Å². The smallest absolute Gasteiger partial charge is 0.328 e. The standard InChI is InChI=1S/C4H4O4.2C3H8O2/c5-3(6)1-2-4(7)8;2*4-2-1-3-5/h1-2H,(H,5,6)(H,7,8);2*4-5H,1-3H2/b2-1+;;. The van der Waals surface area contributed by atoms with Crippen molar-refractivity contribution in [3.63, 3.8) is 0 Å². The first kappa shape index (κ1) is 21.8. The Morgan fingerprint density at radius 3 is 0.944 bits per heavy atom. The third-order valence-corrected chi connectivity index (χ3v) is 1.00. The lowest BCUT2D eigenvalue weighted by Crippen LogP contribution is -1.91. The molecule has 0 aliphatic rings. The van der Waals surface area contributed by atoms with E-state index in [2.05, 4.69) is 0 Å². The van der Waals surface area contributed by atoms with Crippen LogP contribution in [0.1, 0.15) is 12.8 Å². The van der Waals surface area contributed by atoms with Crippen LogP contribution in [0.3, 0.4) is 0 Å². The van der Waals surface area contributed by atoms with E-state index < -0.39 is 11.9 Å². The van der Waals surface area contributed by atoms with Gasteiger partial charge in [-0.3, -0.25) is 0 Å². The van der Waals surface area contributed by atoms with Gasteiger partial charge in [-0.05, 0) is 12.8 Å². The molecule has 0 heterocycles. The Balaban J connectivity index is -0.000000197. The van der Waals surface area contributed by atoms with Crippen LogP contribution >= 0.6 is 0 Å². The Labute approximate surface area is 104 Å². The number of rotatable bonds is 6. The van der Waals surface area contributed by atoms with Crippen molar-refractivity contribution in [3.05, 3.63) is 12.2 Å². The molecule has 0 aromatic carbocycles. The van der Waals surface area contributed by atoms with Crippen LogP contribution in [0, 0.1) is 0 Å². The van der Waals surface area contributed by atoms with Crippen molar-refractivity contribution in [1.82, 2.24) is 0 Å². The highest BCUT2D eigenvalue weighted by molar-refractivity contribution is 5.89. The predicted molar refractivity (Wildman–Crippen MR) is 62.0 cm³/mol. The minimum Gasteiger partial charge on any atom is -0.478 e. The molecule has 0 aromatic rings. The van der Waals surface area contributed by atoms with Crippen LogP contribution in [0.5, 0.6) is 0 Å². The van der Waals surface area contributed by atoms with E-state index in [-0.39, 0.29) is 26.4 Å². The molecule has 0 saturated carbocycles. The van der Waals surface area contributed by atoms with Gasteiger partial charge < -0.3 is 30.6 Å². The van der Waals surface area contributed by atoms with Gasteiger partial charge in [0.25, 0.3) is 0 Å². The van der Waals surface area contributed by atoms with Crippen molar-refractivity contribution >= 4 is 11.9 Å². The van der Waals surface area contributed by atoms with Crippen LogP contribution < -0.4 is 0 Å². The molecule has 0 bridgehead atoms. The molecule has 18 heavy (non-hydrogen) atoms. The van der Waals surface area contributed by atoms with Crippen LogP contribution in [-0.2, 0) is 9.59 Å². The molecular weight excluding hydrogens is 248 g/mol. The Hall–Kier alpha value is -1.48. The summed E-state index contributed by atoms with van der Waals surface area (Å²) in [5.74, 6) is -2.51.